The van der Waals surface area contributed by atoms with Crippen LogP contribution in [0, 0.1) is 5.82 Å². The van der Waals surface area contributed by atoms with Crippen molar-refractivity contribution >= 4 is 17.5 Å². The summed E-state index contributed by atoms with van der Waals surface area (Å²) in [6.07, 6.45) is 1.56. The lowest BCUT2D eigenvalue weighted by Crippen LogP contribution is -2.33. The van der Waals surface area contributed by atoms with Gasteiger partial charge in [0.2, 0.25) is 5.91 Å². The molecule has 0 aliphatic rings. The highest BCUT2D eigenvalue weighted by Crippen LogP contribution is 2.17. The molecule has 0 saturated carbocycles. The molecule has 148 valence electrons. The van der Waals surface area contributed by atoms with Gasteiger partial charge < -0.3 is 15.2 Å². The monoisotopic (exact) mass is 393 g/mol. The molecule has 0 unspecified atom stereocenters. The number of halogens is 1. The Hall–Kier alpha value is -3.74. The van der Waals surface area contributed by atoms with E-state index in [-0.39, 0.29) is 30.0 Å². The summed E-state index contributed by atoms with van der Waals surface area (Å²) in [6, 6.07) is 16.7. The number of carbonyl (C=O) groups excluding carboxylic acids is 2. The van der Waals surface area contributed by atoms with E-state index in [2.05, 4.69) is 10.6 Å². The highest BCUT2D eigenvalue weighted by molar-refractivity contribution is 6.04. The normalized spacial score (nSPS) is 11.5. The van der Waals surface area contributed by atoms with Crippen molar-refractivity contribution in [1.82, 2.24) is 9.88 Å². The van der Waals surface area contributed by atoms with E-state index < -0.39 is 5.82 Å². The first-order valence-electron chi connectivity index (χ1n) is 9.04. The fourth-order valence-corrected chi connectivity index (χ4v) is 2.78. The maximum absolute atomic E-state index is 13.0. The van der Waals surface area contributed by atoms with Crippen molar-refractivity contribution in [2.45, 2.75) is 19.5 Å². The van der Waals surface area contributed by atoms with Gasteiger partial charge in [0, 0.05) is 23.5 Å². The highest BCUT2D eigenvalue weighted by atomic mass is 19.1. The van der Waals surface area contributed by atoms with Gasteiger partial charge >= 0.3 is 0 Å². The number of carbonyl (C=O) groups is 2. The van der Waals surface area contributed by atoms with Crippen molar-refractivity contribution in [1.29, 1.82) is 0 Å². The Bertz CT molecular complexity index is 1060. The summed E-state index contributed by atoms with van der Waals surface area (Å²) in [6.45, 7) is 1.77. The van der Waals surface area contributed by atoms with Crippen LogP contribution in [0.25, 0.3) is 0 Å². The van der Waals surface area contributed by atoms with E-state index in [1.54, 1.807) is 42.6 Å². The molecule has 1 atom stereocenters. The minimum absolute atomic E-state index is 0.0597. The lowest BCUT2D eigenvalue weighted by molar-refractivity contribution is -0.122. The molecule has 2 N–H and O–H groups in total. The molecule has 0 saturated heterocycles. The van der Waals surface area contributed by atoms with Crippen molar-refractivity contribution in [2.75, 3.05) is 5.32 Å². The third kappa shape index (κ3) is 5.38. The SMILES string of the molecule is C[C@H](NC(=O)Cn1ccccc1=O)c1ccc(NC(=O)c2ccc(F)cc2)cc1. The summed E-state index contributed by atoms with van der Waals surface area (Å²) in [4.78, 5) is 36.0. The maximum atomic E-state index is 13.0. The third-order valence-electron chi connectivity index (χ3n) is 4.37. The van der Waals surface area contributed by atoms with Crippen LogP contribution in [0.2, 0.25) is 0 Å². The first kappa shape index (κ1) is 20.0. The van der Waals surface area contributed by atoms with E-state index in [1.165, 1.54) is 34.9 Å². The largest absolute Gasteiger partial charge is 0.348 e. The van der Waals surface area contributed by atoms with Gasteiger partial charge in [0.1, 0.15) is 12.4 Å². The third-order valence-corrected chi connectivity index (χ3v) is 4.37. The zero-order valence-electron chi connectivity index (χ0n) is 15.8. The van der Waals surface area contributed by atoms with Gasteiger partial charge in [0.15, 0.2) is 0 Å². The number of amides is 2. The van der Waals surface area contributed by atoms with Crippen molar-refractivity contribution in [3.63, 3.8) is 0 Å². The molecule has 0 radical (unpaired) electrons. The second-order valence-corrected chi connectivity index (χ2v) is 6.54. The number of anilines is 1. The van der Waals surface area contributed by atoms with Crippen LogP contribution in [0.3, 0.4) is 0 Å². The van der Waals surface area contributed by atoms with Gasteiger partial charge in [0.05, 0.1) is 6.04 Å². The van der Waals surface area contributed by atoms with E-state index in [0.717, 1.165) is 5.56 Å². The number of aromatic nitrogens is 1. The van der Waals surface area contributed by atoms with Gasteiger partial charge in [-0.15, -0.1) is 0 Å². The van der Waals surface area contributed by atoms with Gasteiger partial charge in [-0.2, -0.15) is 0 Å². The van der Waals surface area contributed by atoms with Crippen LogP contribution in [-0.2, 0) is 11.3 Å². The Morgan fingerprint density at radius 3 is 2.34 bits per heavy atom. The molecule has 0 fully saturated rings. The summed E-state index contributed by atoms with van der Waals surface area (Å²) < 4.78 is 14.3. The van der Waals surface area contributed by atoms with Crippen molar-refractivity contribution in [3.05, 3.63) is 100 Å². The van der Waals surface area contributed by atoms with Crippen LogP contribution in [-0.4, -0.2) is 16.4 Å². The summed E-state index contributed by atoms with van der Waals surface area (Å²) in [7, 11) is 0. The van der Waals surface area contributed by atoms with Crippen LogP contribution in [0.15, 0.2) is 77.7 Å². The van der Waals surface area contributed by atoms with Gasteiger partial charge in [0.25, 0.3) is 11.5 Å². The standard InChI is InChI=1S/C22H20FN3O3/c1-15(24-20(27)14-26-13-3-2-4-21(26)28)16-7-11-19(12-8-16)25-22(29)17-5-9-18(23)10-6-17/h2-13,15H,14H2,1H3,(H,24,27)(H,25,29)/t15-/m0/s1. The molecule has 1 heterocycles. The molecule has 29 heavy (non-hydrogen) atoms. The number of benzene rings is 2. The van der Waals surface area contributed by atoms with Crippen LogP contribution in [0.5, 0.6) is 0 Å². The minimum Gasteiger partial charge on any atom is -0.348 e. The molecule has 3 aromatic rings. The van der Waals surface area contributed by atoms with Crippen molar-refractivity contribution in [3.8, 4) is 0 Å². The van der Waals surface area contributed by atoms with E-state index in [0.29, 0.717) is 11.3 Å². The Balaban J connectivity index is 1.58. The second-order valence-electron chi connectivity index (χ2n) is 6.54. The molecular formula is C22H20FN3O3. The summed E-state index contributed by atoms with van der Waals surface area (Å²) in [5.41, 5.74) is 1.54. The highest BCUT2D eigenvalue weighted by Gasteiger charge is 2.11. The predicted octanol–water partition coefficient (Wildman–Crippen LogP) is 3.12. The van der Waals surface area contributed by atoms with E-state index in [1.807, 2.05) is 6.92 Å². The average molecular weight is 393 g/mol. The molecule has 2 amide bonds. The summed E-state index contributed by atoms with van der Waals surface area (Å²) in [5, 5.41) is 5.58. The van der Waals surface area contributed by atoms with Crippen LogP contribution in [0.1, 0.15) is 28.9 Å². The zero-order chi connectivity index (χ0) is 20.8. The van der Waals surface area contributed by atoms with Crippen LogP contribution in [0.4, 0.5) is 10.1 Å². The number of rotatable bonds is 6. The Morgan fingerprint density at radius 2 is 1.69 bits per heavy atom. The Labute approximate surface area is 167 Å². The molecule has 0 aliphatic heterocycles. The Kier molecular flexibility index (Phi) is 6.19. The number of hydrogen-bond donors (Lipinski definition) is 2. The second kappa shape index (κ2) is 8.97. The molecule has 0 bridgehead atoms. The van der Waals surface area contributed by atoms with E-state index in [9.17, 15) is 18.8 Å². The minimum atomic E-state index is -0.404. The lowest BCUT2D eigenvalue weighted by atomic mass is 10.1. The summed E-state index contributed by atoms with van der Waals surface area (Å²) in [5.74, 6) is -1.02. The number of pyridine rings is 1. The van der Waals surface area contributed by atoms with E-state index >= 15 is 0 Å². The van der Waals surface area contributed by atoms with Crippen molar-refractivity contribution in [2.24, 2.45) is 0 Å². The number of nitrogens with one attached hydrogen (secondary N) is 2. The molecule has 6 nitrogen and oxygen atoms in total. The number of nitrogens with zero attached hydrogens (tertiary/aromatic N) is 1. The van der Waals surface area contributed by atoms with Gasteiger partial charge in [-0.1, -0.05) is 18.2 Å². The average Bonchev–Trinajstić information content (AvgIpc) is 2.70. The van der Waals surface area contributed by atoms with Crippen molar-refractivity contribution < 1.29 is 14.0 Å². The molecule has 3 rings (SSSR count). The van der Waals surface area contributed by atoms with Crippen LogP contribution >= 0.6 is 0 Å². The zero-order valence-corrected chi connectivity index (χ0v) is 15.8. The molecule has 2 aromatic carbocycles. The topological polar surface area (TPSA) is 80.2 Å². The van der Waals surface area contributed by atoms with Crippen LogP contribution < -0.4 is 16.2 Å². The fourth-order valence-electron chi connectivity index (χ4n) is 2.78. The quantitative estimate of drug-likeness (QED) is 0.675. The Morgan fingerprint density at radius 1 is 1.00 bits per heavy atom. The van der Waals surface area contributed by atoms with Gasteiger partial charge in [-0.3, -0.25) is 14.4 Å². The molecular weight excluding hydrogens is 373 g/mol. The van der Waals surface area contributed by atoms with E-state index in [4.69, 9.17) is 0 Å². The smallest absolute Gasteiger partial charge is 0.255 e. The maximum Gasteiger partial charge on any atom is 0.255 e. The fraction of sp³-hybridized carbons (Fsp3) is 0.136. The molecule has 7 heteroatoms. The number of hydrogen-bond acceptors (Lipinski definition) is 3. The molecule has 0 spiro atoms. The molecule has 1 aromatic heterocycles. The first-order valence-corrected chi connectivity index (χ1v) is 9.04. The van der Waals surface area contributed by atoms with Gasteiger partial charge in [-0.05, 0) is 55.0 Å². The first-order chi connectivity index (χ1) is 13.9. The summed E-state index contributed by atoms with van der Waals surface area (Å²) >= 11 is 0. The molecule has 0 aliphatic carbocycles. The van der Waals surface area contributed by atoms with Gasteiger partial charge in [-0.25, -0.2) is 4.39 Å². The lowest BCUT2D eigenvalue weighted by Gasteiger charge is -2.15. The predicted molar refractivity (Wildman–Crippen MR) is 108 cm³/mol.